The lowest BCUT2D eigenvalue weighted by atomic mass is 9.96. The largest absolute Gasteiger partial charge is 0.324 e. The molecule has 4 nitrogen and oxygen atoms in total. The molecule has 23 heavy (non-hydrogen) atoms. The second-order valence-corrected chi connectivity index (χ2v) is 7.18. The van der Waals surface area contributed by atoms with Gasteiger partial charge >= 0.3 is 0 Å². The summed E-state index contributed by atoms with van der Waals surface area (Å²) in [5.74, 6) is 1.32. The van der Waals surface area contributed by atoms with Crippen LogP contribution in [0, 0.1) is 11.8 Å². The van der Waals surface area contributed by atoms with Gasteiger partial charge in [-0.15, -0.1) is 0 Å². The Bertz CT molecular complexity index is 505. The van der Waals surface area contributed by atoms with Gasteiger partial charge in [-0.05, 0) is 42.7 Å². The molecule has 4 unspecified atom stereocenters. The van der Waals surface area contributed by atoms with E-state index in [1.54, 1.807) is 0 Å². The van der Waals surface area contributed by atoms with Crippen LogP contribution >= 0.6 is 0 Å². The van der Waals surface area contributed by atoms with Crippen molar-refractivity contribution < 1.29 is 0 Å². The minimum atomic E-state index is 0.164. The minimum absolute atomic E-state index is 0.164. The fraction of sp³-hybridized carbons (Fsp3) is 0.684. The normalized spacial score (nSPS) is 30.8. The number of nitrogens with zero attached hydrogens (tertiary/aromatic N) is 2. The molecule has 0 amide bonds. The van der Waals surface area contributed by atoms with Crippen LogP contribution in [0.2, 0.25) is 0 Å². The maximum Gasteiger partial charge on any atom is 0.0514 e. The first-order valence-electron chi connectivity index (χ1n) is 8.92. The SMILES string of the molecule is CCC(N)/C(C)=C/C=C(\C1=CC1C)C1CC(C)CN1N(C)NC. The summed E-state index contributed by atoms with van der Waals surface area (Å²) in [6, 6.07) is 0.609. The van der Waals surface area contributed by atoms with Crippen molar-refractivity contribution in [2.75, 3.05) is 20.6 Å². The molecule has 0 aromatic heterocycles. The summed E-state index contributed by atoms with van der Waals surface area (Å²) < 4.78 is 0. The Morgan fingerprint density at radius 2 is 2.13 bits per heavy atom. The van der Waals surface area contributed by atoms with Crippen molar-refractivity contribution in [3.05, 3.63) is 34.9 Å². The molecule has 1 aliphatic heterocycles. The van der Waals surface area contributed by atoms with Crippen LogP contribution in [-0.2, 0) is 0 Å². The highest BCUT2D eigenvalue weighted by Crippen LogP contribution is 2.41. The van der Waals surface area contributed by atoms with Gasteiger partial charge in [0.1, 0.15) is 0 Å². The molecule has 0 bridgehead atoms. The summed E-state index contributed by atoms with van der Waals surface area (Å²) in [6.07, 6.45) is 9.11. The molecule has 1 fully saturated rings. The molecular formula is C19H34N4. The van der Waals surface area contributed by atoms with Crippen molar-refractivity contribution >= 4 is 0 Å². The van der Waals surface area contributed by atoms with Gasteiger partial charge in [-0.2, -0.15) is 5.12 Å². The van der Waals surface area contributed by atoms with Gasteiger partial charge in [0.2, 0.25) is 0 Å². The van der Waals surface area contributed by atoms with E-state index in [2.05, 4.69) is 68.5 Å². The molecule has 1 aliphatic carbocycles. The summed E-state index contributed by atoms with van der Waals surface area (Å²) in [6.45, 7) is 10.00. The lowest BCUT2D eigenvalue weighted by molar-refractivity contribution is -0.0412. The highest BCUT2D eigenvalue weighted by Gasteiger charge is 2.38. The molecule has 4 atom stereocenters. The molecule has 2 rings (SSSR count). The Balaban J connectivity index is 2.26. The molecule has 130 valence electrons. The Morgan fingerprint density at radius 3 is 2.65 bits per heavy atom. The zero-order chi connectivity index (χ0) is 17.1. The van der Waals surface area contributed by atoms with Crippen LogP contribution in [0.5, 0.6) is 0 Å². The predicted octanol–water partition coefficient (Wildman–Crippen LogP) is 2.86. The average molecular weight is 319 g/mol. The van der Waals surface area contributed by atoms with E-state index in [0.717, 1.165) is 13.0 Å². The third kappa shape index (κ3) is 4.32. The van der Waals surface area contributed by atoms with Crippen LogP contribution in [0.3, 0.4) is 0 Å². The van der Waals surface area contributed by atoms with Crippen molar-refractivity contribution in [3.63, 3.8) is 0 Å². The van der Waals surface area contributed by atoms with E-state index in [1.807, 2.05) is 7.05 Å². The van der Waals surface area contributed by atoms with E-state index >= 15 is 0 Å². The van der Waals surface area contributed by atoms with E-state index in [0.29, 0.717) is 17.9 Å². The van der Waals surface area contributed by atoms with Crippen molar-refractivity contribution in [1.29, 1.82) is 0 Å². The standard InChI is InChI=1S/C19H34N4/c1-7-18(20)14(3)8-9-16(17-11-15(17)4)19-10-13(2)12-23(19)22(6)21-5/h8-9,11,13,15,18-19,21H,7,10,12,20H2,1-6H3/b14-8+,16-9+. The van der Waals surface area contributed by atoms with Gasteiger partial charge in [0.25, 0.3) is 0 Å². The molecule has 4 heteroatoms. The number of hydrogen-bond acceptors (Lipinski definition) is 4. The van der Waals surface area contributed by atoms with E-state index < -0.39 is 0 Å². The van der Waals surface area contributed by atoms with Gasteiger partial charge in [-0.3, -0.25) is 0 Å². The first-order valence-corrected chi connectivity index (χ1v) is 8.92. The number of nitrogens with two attached hydrogens (primary N) is 1. The van der Waals surface area contributed by atoms with E-state index in [9.17, 15) is 0 Å². The number of nitrogens with one attached hydrogen (secondary N) is 1. The topological polar surface area (TPSA) is 44.5 Å². The summed E-state index contributed by atoms with van der Waals surface area (Å²) in [5, 5.41) is 4.58. The second kappa shape index (κ2) is 7.75. The fourth-order valence-corrected chi connectivity index (χ4v) is 3.42. The van der Waals surface area contributed by atoms with Crippen molar-refractivity contribution in [3.8, 4) is 0 Å². The number of hydrazine groups is 2. The molecule has 1 heterocycles. The first kappa shape index (κ1) is 18.4. The van der Waals surface area contributed by atoms with Crippen LogP contribution in [0.1, 0.15) is 40.5 Å². The zero-order valence-electron chi connectivity index (χ0n) is 15.6. The van der Waals surface area contributed by atoms with Crippen LogP contribution in [0.4, 0.5) is 0 Å². The fourth-order valence-electron chi connectivity index (χ4n) is 3.42. The molecular weight excluding hydrogens is 284 g/mol. The van der Waals surface area contributed by atoms with Gasteiger partial charge < -0.3 is 5.73 Å². The Labute approximate surface area is 142 Å². The summed E-state index contributed by atoms with van der Waals surface area (Å²) >= 11 is 0. The van der Waals surface area contributed by atoms with Gasteiger partial charge in [-0.25, -0.2) is 10.4 Å². The van der Waals surface area contributed by atoms with Crippen molar-refractivity contribution in [2.24, 2.45) is 17.6 Å². The molecule has 0 spiro atoms. The highest BCUT2D eigenvalue weighted by atomic mass is 15.8. The molecule has 3 N–H and O–H groups in total. The van der Waals surface area contributed by atoms with Gasteiger partial charge in [0, 0.05) is 26.7 Å². The average Bonchev–Trinajstić information content (AvgIpc) is 3.12. The third-order valence-electron chi connectivity index (χ3n) is 5.25. The van der Waals surface area contributed by atoms with Crippen molar-refractivity contribution in [2.45, 2.75) is 52.6 Å². The minimum Gasteiger partial charge on any atom is -0.324 e. The Kier molecular flexibility index (Phi) is 6.20. The Morgan fingerprint density at radius 1 is 1.48 bits per heavy atom. The number of rotatable bonds is 7. The van der Waals surface area contributed by atoms with Gasteiger partial charge in [-0.1, -0.05) is 44.6 Å². The summed E-state index contributed by atoms with van der Waals surface area (Å²) in [7, 11) is 4.08. The number of hydrogen-bond donors (Lipinski definition) is 2. The lowest BCUT2D eigenvalue weighted by Crippen LogP contribution is -2.49. The Hall–Kier alpha value is -0.940. The second-order valence-electron chi connectivity index (χ2n) is 7.18. The highest BCUT2D eigenvalue weighted by molar-refractivity contribution is 5.50. The maximum atomic E-state index is 6.15. The smallest absolute Gasteiger partial charge is 0.0514 e. The van der Waals surface area contributed by atoms with E-state index in [1.165, 1.54) is 23.1 Å². The van der Waals surface area contributed by atoms with Crippen LogP contribution in [-0.4, -0.2) is 42.9 Å². The van der Waals surface area contributed by atoms with Crippen LogP contribution in [0.15, 0.2) is 34.9 Å². The monoisotopic (exact) mass is 318 g/mol. The van der Waals surface area contributed by atoms with Crippen molar-refractivity contribution in [1.82, 2.24) is 15.6 Å². The molecule has 0 saturated carbocycles. The first-order chi connectivity index (χ1) is 10.9. The van der Waals surface area contributed by atoms with Crippen LogP contribution < -0.4 is 11.2 Å². The molecule has 0 aromatic rings. The van der Waals surface area contributed by atoms with E-state index in [4.69, 9.17) is 5.73 Å². The number of allylic oxidation sites excluding steroid dienone is 3. The predicted molar refractivity (Wildman–Crippen MR) is 98.5 cm³/mol. The molecule has 0 radical (unpaired) electrons. The van der Waals surface area contributed by atoms with Gasteiger partial charge in [0.15, 0.2) is 0 Å². The van der Waals surface area contributed by atoms with Gasteiger partial charge in [0.05, 0.1) is 6.04 Å². The zero-order valence-corrected chi connectivity index (χ0v) is 15.6. The maximum absolute atomic E-state index is 6.15. The molecule has 1 saturated heterocycles. The lowest BCUT2D eigenvalue weighted by Gasteiger charge is -2.33. The van der Waals surface area contributed by atoms with E-state index in [-0.39, 0.29) is 6.04 Å². The summed E-state index contributed by atoms with van der Waals surface area (Å²) in [5.41, 5.74) is 13.6. The molecule has 0 aromatic carbocycles. The molecule has 2 aliphatic rings. The third-order valence-corrected chi connectivity index (χ3v) is 5.25. The quantitative estimate of drug-likeness (QED) is 0.560. The van der Waals surface area contributed by atoms with Crippen LogP contribution in [0.25, 0.3) is 0 Å². The summed E-state index contributed by atoms with van der Waals surface area (Å²) in [4.78, 5) is 0.